The lowest BCUT2D eigenvalue weighted by Crippen LogP contribution is -2.51. The number of rotatable bonds is 2. The van der Waals surface area contributed by atoms with Gasteiger partial charge in [0.25, 0.3) is 0 Å². The Hall–Kier alpha value is -1.31. The highest BCUT2D eigenvalue weighted by atomic mass is 16.1. The van der Waals surface area contributed by atoms with Crippen molar-refractivity contribution in [3.8, 4) is 0 Å². The van der Waals surface area contributed by atoms with E-state index in [0.717, 1.165) is 23.8 Å². The van der Waals surface area contributed by atoms with Gasteiger partial charge in [0.15, 0.2) is 0 Å². The molecule has 0 unspecified atom stereocenters. The Morgan fingerprint density at radius 1 is 1.37 bits per heavy atom. The fraction of sp³-hybridized carbons (Fsp3) is 0.588. The minimum atomic E-state index is 0.162. The van der Waals surface area contributed by atoms with Gasteiger partial charge >= 0.3 is 0 Å². The van der Waals surface area contributed by atoms with Gasteiger partial charge < -0.3 is 4.90 Å². The van der Waals surface area contributed by atoms with Gasteiger partial charge in [-0.25, -0.2) is 0 Å². The molecule has 0 spiro atoms. The van der Waals surface area contributed by atoms with Gasteiger partial charge in [0.2, 0.25) is 0 Å². The number of nitrogens with zero attached hydrogens (tertiary/aromatic N) is 1. The molecular weight excluding hydrogens is 234 g/mol. The quantitative estimate of drug-likeness (QED) is 0.738. The van der Waals surface area contributed by atoms with Gasteiger partial charge in [0.05, 0.1) is 0 Å². The van der Waals surface area contributed by atoms with Crippen molar-refractivity contribution in [1.82, 2.24) is 0 Å². The van der Waals surface area contributed by atoms with Crippen molar-refractivity contribution in [1.29, 1.82) is 0 Å². The van der Waals surface area contributed by atoms with E-state index in [1.165, 1.54) is 11.3 Å². The molecule has 1 aliphatic rings. The molecule has 0 amide bonds. The third-order valence-electron chi connectivity index (χ3n) is 4.31. The lowest BCUT2D eigenvalue weighted by Gasteiger charge is -2.50. The molecular formula is C17H25NO. The molecule has 1 aliphatic heterocycles. The Morgan fingerprint density at radius 3 is 2.53 bits per heavy atom. The van der Waals surface area contributed by atoms with Gasteiger partial charge in [-0.05, 0) is 70.2 Å². The summed E-state index contributed by atoms with van der Waals surface area (Å²) in [5.41, 5.74) is 4.69. The highest BCUT2D eigenvalue weighted by Crippen LogP contribution is 2.45. The third-order valence-corrected chi connectivity index (χ3v) is 4.31. The van der Waals surface area contributed by atoms with Crippen LogP contribution in [0.1, 0.15) is 68.4 Å². The first kappa shape index (κ1) is 14.1. The summed E-state index contributed by atoms with van der Waals surface area (Å²) in [5.74, 6) is 0.499. The normalized spacial score (nSPS) is 21.4. The van der Waals surface area contributed by atoms with Crippen molar-refractivity contribution in [3.05, 3.63) is 28.8 Å². The highest BCUT2D eigenvalue weighted by molar-refractivity contribution is 5.80. The van der Waals surface area contributed by atoms with Crippen molar-refractivity contribution >= 4 is 12.0 Å². The van der Waals surface area contributed by atoms with Crippen LogP contribution in [0.2, 0.25) is 0 Å². The van der Waals surface area contributed by atoms with E-state index >= 15 is 0 Å². The molecule has 0 saturated carbocycles. The predicted molar refractivity (Wildman–Crippen MR) is 81.3 cm³/mol. The van der Waals surface area contributed by atoms with Gasteiger partial charge in [0, 0.05) is 22.8 Å². The standard InChI is InChI=1S/C17H25NO/c1-11(2)18-16-7-12(3)14(10-19)8-15(16)13(4)9-17(18,5)6/h7-8,10-11,13H,9H2,1-6H3/t13-/m1/s1. The van der Waals surface area contributed by atoms with E-state index in [0.29, 0.717) is 12.0 Å². The van der Waals surface area contributed by atoms with Gasteiger partial charge in [-0.2, -0.15) is 0 Å². The molecule has 2 rings (SSSR count). The number of carbonyl (C=O) groups is 1. The maximum absolute atomic E-state index is 11.1. The van der Waals surface area contributed by atoms with E-state index in [-0.39, 0.29) is 5.54 Å². The molecule has 0 aliphatic carbocycles. The van der Waals surface area contributed by atoms with E-state index in [1.807, 2.05) is 6.92 Å². The second-order valence-corrected chi connectivity index (χ2v) is 6.77. The number of fused-ring (bicyclic) bond motifs is 1. The van der Waals surface area contributed by atoms with Crippen LogP contribution in [0, 0.1) is 6.92 Å². The first-order chi connectivity index (χ1) is 8.77. The van der Waals surface area contributed by atoms with Crippen molar-refractivity contribution in [3.63, 3.8) is 0 Å². The second-order valence-electron chi connectivity index (χ2n) is 6.77. The van der Waals surface area contributed by atoms with Crippen LogP contribution in [0.25, 0.3) is 0 Å². The number of aldehydes is 1. The Morgan fingerprint density at radius 2 is 2.00 bits per heavy atom. The summed E-state index contributed by atoms with van der Waals surface area (Å²) in [4.78, 5) is 13.7. The summed E-state index contributed by atoms with van der Waals surface area (Å²) in [7, 11) is 0. The van der Waals surface area contributed by atoms with Crippen LogP contribution in [-0.2, 0) is 0 Å². The maximum Gasteiger partial charge on any atom is 0.150 e. The number of benzene rings is 1. The highest BCUT2D eigenvalue weighted by Gasteiger charge is 2.37. The molecule has 0 bridgehead atoms. The molecule has 0 fully saturated rings. The SMILES string of the molecule is Cc1cc2c(cc1C=O)[C@H](C)CC(C)(C)N2C(C)C. The molecule has 1 heterocycles. The summed E-state index contributed by atoms with van der Waals surface area (Å²) in [6.07, 6.45) is 2.10. The van der Waals surface area contributed by atoms with E-state index in [2.05, 4.69) is 51.7 Å². The second kappa shape index (κ2) is 4.66. The molecule has 0 N–H and O–H groups in total. The maximum atomic E-state index is 11.1. The van der Waals surface area contributed by atoms with E-state index in [1.54, 1.807) is 0 Å². The van der Waals surface area contributed by atoms with Gasteiger partial charge in [-0.15, -0.1) is 0 Å². The molecule has 0 radical (unpaired) electrons. The molecule has 19 heavy (non-hydrogen) atoms. The Bertz CT molecular complexity index is 502. The summed E-state index contributed by atoms with van der Waals surface area (Å²) in [5, 5.41) is 0. The number of hydrogen-bond acceptors (Lipinski definition) is 2. The monoisotopic (exact) mass is 259 g/mol. The zero-order chi connectivity index (χ0) is 14.4. The average Bonchev–Trinajstić information content (AvgIpc) is 2.26. The van der Waals surface area contributed by atoms with Crippen molar-refractivity contribution in [2.24, 2.45) is 0 Å². The lowest BCUT2D eigenvalue weighted by atomic mass is 9.78. The summed E-state index contributed by atoms with van der Waals surface area (Å²) in [6.45, 7) is 13.4. The fourth-order valence-electron chi connectivity index (χ4n) is 3.72. The third kappa shape index (κ3) is 2.29. The van der Waals surface area contributed by atoms with Gasteiger partial charge in [-0.1, -0.05) is 6.92 Å². The predicted octanol–water partition coefficient (Wildman–Crippen LogP) is 4.31. The van der Waals surface area contributed by atoms with Crippen LogP contribution in [0.15, 0.2) is 12.1 Å². The number of carbonyl (C=O) groups excluding carboxylic acids is 1. The van der Waals surface area contributed by atoms with Crippen LogP contribution in [-0.4, -0.2) is 17.9 Å². The number of hydrogen-bond donors (Lipinski definition) is 0. The molecule has 104 valence electrons. The molecule has 2 heteroatoms. The molecule has 0 aromatic heterocycles. The van der Waals surface area contributed by atoms with Gasteiger partial charge in [-0.3, -0.25) is 4.79 Å². The van der Waals surface area contributed by atoms with Crippen LogP contribution in [0.5, 0.6) is 0 Å². The Kier molecular flexibility index (Phi) is 3.46. The summed E-state index contributed by atoms with van der Waals surface area (Å²) < 4.78 is 0. The summed E-state index contributed by atoms with van der Waals surface area (Å²) >= 11 is 0. The first-order valence-corrected chi connectivity index (χ1v) is 7.17. The largest absolute Gasteiger partial charge is 0.364 e. The Balaban J connectivity index is 2.65. The zero-order valence-corrected chi connectivity index (χ0v) is 12.9. The van der Waals surface area contributed by atoms with Gasteiger partial charge in [0.1, 0.15) is 6.29 Å². The topological polar surface area (TPSA) is 20.3 Å². The Labute approximate surface area is 116 Å². The minimum absolute atomic E-state index is 0.162. The zero-order valence-electron chi connectivity index (χ0n) is 12.9. The van der Waals surface area contributed by atoms with Crippen LogP contribution < -0.4 is 4.90 Å². The van der Waals surface area contributed by atoms with Crippen LogP contribution >= 0.6 is 0 Å². The fourth-order valence-corrected chi connectivity index (χ4v) is 3.72. The lowest BCUT2D eigenvalue weighted by molar-refractivity contribution is 0.112. The van der Waals surface area contributed by atoms with E-state index in [4.69, 9.17) is 0 Å². The average molecular weight is 259 g/mol. The molecule has 2 nitrogen and oxygen atoms in total. The van der Waals surface area contributed by atoms with Crippen molar-refractivity contribution in [2.75, 3.05) is 4.90 Å². The van der Waals surface area contributed by atoms with Crippen LogP contribution in [0.4, 0.5) is 5.69 Å². The molecule has 1 aromatic rings. The molecule has 1 atom stereocenters. The van der Waals surface area contributed by atoms with Crippen molar-refractivity contribution < 1.29 is 4.79 Å². The van der Waals surface area contributed by atoms with E-state index < -0.39 is 0 Å². The van der Waals surface area contributed by atoms with E-state index in [9.17, 15) is 4.79 Å². The number of anilines is 1. The molecule has 0 saturated heterocycles. The van der Waals surface area contributed by atoms with Crippen molar-refractivity contribution in [2.45, 2.75) is 65.5 Å². The first-order valence-electron chi connectivity index (χ1n) is 7.17. The number of aryl methyl sites for hydroxylation is 1. The minimum Gasteiger partial charge on any atom is -0.364 e. The van der Waals surface area contributed by atoms with Crippen LogP contribution in [0.3, 0.4) is 0 Å². The molecule has 1 aromatic carbocycles. The smallest absolute Gasteiger partial charge is 0.150 e. The summed E-state index contributed by atoms with van der Waals surface area (Å²) in [6, 6.07) is 4.74.